The first-order chi connectivity index (χ1) is 8.28. The highest BCUT2D eigenvalue weighted by molar-refractivity contribution is 4.86. The van der Waals surface area contributed by atoms with Crippen molar-refractivity contribution in [3.05, 3.63) is 0 Å². The molecule has 2 N–H and O–H groups in total. The molecule has 0 spiro atoms. The second-order valence-corrected chi connectivity index (χ2v) is 5.12. The predicted octanol–water partition coefficient (Wildman–Crippen LogP) is 1.46. The van der Waals surface area contributed by atoms with Gasteiger partial charge in [-0.25, -0.2) is 0 Å². The second kappa shape index (κ2) is 6.14. The molecule has 2 fully saturated rings. The number of ether oxygens (including phenoxy) is 2. The molecule has 0 aromatic carbocycles. The Morgan fingerprint density at radius 3 is 1.71 bits per heavy atom. The van der Waals surface area contributed by atoms with Gasteiger partial charge in [-0.1, -0.05) is 20.8 Å². The monoisotopic (exact) mass is 242 g/mol. The van der Waals surface area contributed by atoms with E-state index in [1.807, 2.05) is 0 Å². The zero-order valence-corrected chi connectivity index (χ0v) is 11.2. The topological polar surface area (TPSA) is 42.5 Å². The summed E-state index contributed by atoms with van der Waals surface area (Å²) in [5, 5.41) is 7.12. The highest BCUT2D eigenvalue weighted by Crippen LogP contribution is 2.24. The van der Waals surface area contributed by atoms with Crippen LogP contribution in [-0.2, 0) is 9.47 Å². The molecule has 17 heavy (non-hydrogen) atoms. The maximum Gasteiger partial charge on any atom is 0.115 e. The minimum atomic E-state index is 0.151. The first-order valence-corrected chi connectivity index (χ1v) is 7.03. The largest absolute Gasteiger partial charge is 0.361 e. The van der Waals surface area contributed by atoms with Crippen LogP contribution in [0.2, 0.25) is 0 Å². The van der Waals surface area contributed by atoms with Crippen molar-refractivity contribution < 1.29 is 9.47 Å². The van der Waals surface area contributed by atoms with Crippen LogP contribution in [0, 0.1) is 5.92 Å². The number of hydrogen-bond acceptors (Lipinski definition) is 4. The summed E-state index contributed by atoms with van der Waals surface area (Å²) in [4.78, 5) is 0. The normalized spacial score (nSPS) is 39.7. The Balaban J connectivity index is 1.88. The fourth-order valence-corrected chi connectivity index (χ4v) is 2.65. The molecular weight excluding hydrogens is 216 g/mol. The lowest BCUT2D eigenvalue weighted by Gasteiger charge is -2.27. The third kappa shape index (κ3) is 2.99. The van der Waals surface area contributed by atoms with Gasteiger partial charge in [0.2, 0.25) is 0 Å². The van der Waals surface area contributed by atoms with Crippen LogP contribution in [0.3, 0.4) is 0 Å². The van der Waals surface area contributed by atoms with Gasteiger partial charge in [-0.05, 0) is 19.3 Å². The second-order valence-electron chi connectivity index (χ2n) is 5.12. The molecular formula is C13H26N2O2. The average molecular weight is 242 g/mol. The lowest BCUT2D eigenvalue weighted by atomic mass is 10.0. The fraction of sp³-hybridized carbons (Fsp3) is 1.00. The van der Waals surface area contributed by atoms with Crippen LogP contribution >= 0.6 is 0 Å². The highest BCUT2D eigenvalue weighted by Gasteiger charge is 2.38. The van der Waals surface area contributed by atoms with Gasteiger partial charge in [-0.3, -0.25) is 10.6 Å². The van der Waals surface area contributed by atoms with Crippen molar-refractivity contribution in [2.75, 3.05) is 13.2 Å². The standard InChI is InChI=1S/C13H26N2O2/c1-4-9-7-16-12(14-9)11(6-3)13-15-10(5-2)8-17-13/h9-15H,4-8H2,1-3H3. The maximum atomic E-state index is 5.86. The van der Waals surface area contributed by atoms with Gasteiger partial charge < -0.3 is 9.47 Å². The Labute approximate surface area is 104 Å². The summed E-state index contributed by atoms with van der Waals surface area (Å²) in [6, 6.07) is 1.02. The van der Waals surface area contributed by atoms with Gasteiger partial charge in [-0.2, -0.15) is 0 Å². The molecule has 2 saturated heterocycles. The molecule has 0 amide bonds. The van der Waals surface area contributed by atoms with E-state index in [1.165, 1.54) is 0 Å². The van der Waals surface area contributed by atoms with Crippen LogP contribution in [-0.4, -0.2) is 37.8 Å². The Kier molecular flexibility index (Phi) is 4.79. The lowest BCUT2D eigenvalue weighted by molar-refractivity contribution is -0.0338. The molecule has 2 rings (SSSR count). The molecule has 0 aromatic heterocycles. The molecule has 0 bridgehead atoms. The van der Waals surface area contributed by atoms with Gasteiger partial charge in [0, 0.05) is 18.0 Å². The molecule has 0 aromatic rings. The van der Waals surface area contributed by atoms with Crippen molar-refractivity contribution >= 4 is 0 Å². The van der Waals surface area contributed by atoms with E-state index < -0.39 is 0 Å². The van der Waals surface area contributed by atoms with Crippen LogP contribution in [0.4, 0.5) is 0 Å². The predicted molar refractivity (Wildman–Crippen MR) is 67.7 cm³/mol. The third-order valence-corrected chi connectivity index (χ3v) is 3.99. The average Bonchev–Trinajstić information content (AvgIpc) is 2.99. The molecule has 0 radical (unpaired) electrons. The van der Waals surface area contributed by atoms with Gasteiger partial charge in [0.25, 0.3) is 0 Å². The molecule has 0 aliphatic carbocycles. The Morgan fingerprint density at radius 1 is 0.941 bits per heavy atom. The first kappa shape index (κ1) is 13.3. The van der Waals surface area contributed by atoms with Gasteiger partial charge in [0.15, 0.2) is 0 Å². The van der Waals surface area contributed by atoms with Crippen LogP contribution < -0.4 is 10.6 Å². The zero-order chi connectivity index (χ0) is 12.3. The summed E-state index contributed by atoms with van der Waals surface area (Å²) in [6.07, 6.45) is 3.63. The van der Waals surface area contributed by atoms with Gasteiger partial charge in [-0.15, -0.1) is 0 Å². The lowest BCUT2D eigenvalue weighted by Crippen LogP contribution is -2.46. The maximum absolute atomic E-state index is 5.86. The quantitative estimate of drug-likeness (QED) is 0.766. The van der Waals surface area contributed by atoms with Crippen LogP contribution in [0.25, 0.3) is 0 Å². The third-order valence-electron chi connectivity index (χ3n) is 3.99. The van der Waals surface area contributed by atoms with E-state index in [1.54, 1.807) is 0 Å². The van der Waals surface area contributed by atoms with Crippen LogP contribution in [0.5, 0.6) is 0 Å². The summed E-state index contributed by atoms with van der Waals surface area (Å²) < 4.78 is 11.7. The minimum absolute atomic E-state index is 0.151. The Hall–Kier alpha value is -0.160. The van der Waals surface area contributed by atoms with Gasteiger partial charge in [0.05, 0.1) is 13.2 Å². The van der Waals surface area contributed by atoms with Crippen molar-refractivity contribution in [3.8, 4) is 0 Å². The van der Waals surface area contributed by atoms with E-state index in [0.29, 0.717) is 18.0 Å². The minimum Gasteiger partial charge on any atom is -0.361 e. The molecule has 4 unspecified atom stereocenters. The van der Waals surface area contributed by atoms with Crippen molar-refractivity contribution in [1.82, 2.24) is 10.6 Å². The Morgan fingerprint density at radius 2 is 1.41 bits per heavy atom. The molecule has 100 valence electrons. The molecule has 4 heteroatoms. The van der Waals surface area contributed by atoms with E-state index in [-0.39, 0.29) is 12.5 Å². The van der Waals surface area contributed by atoms with Crippen molar-refractivity contribution in [3.63, 3.8) is 0 Å². The fourth-order valence-electron chi connectivity index (χ4n) is 2.65. The van der Waals surface area contributed by atoms with Gasteiger partial charge in [0.1, 0.15) is 12.5 Å². The molecule has 4 atom stereocenters. The number of rotatable bonds is 5. The van der Waals surface area contributed by atoms with Crippen molar-refractivity contribution in [2.24, 2.45) is 5.92 Å². The van der Waals surface area contributed by atoms with Crippen molar-refractivity contribution in [2.45, 2.75) is 64.6 Å². The van der Waals surface area contributed by atoms with Crippen LogP contribution in [0.1, 0.15) is 40.0 Å². The molecule has 2 aliphatic rings. The summed E-state index contributed by atoms with van der Waals surface area (Å²) in [6.45, 7) is 8.27. The molecule has 4 nitrogen and oxygen atoms in total. The van der Waals surface area contributed by atoms with E-state index >= 15 is 0 Å². The van der Waals surface area contributed by atoms with Crippen LogP contribution in [0.15, 0.2) is 0 Å². The number of nitrogens with one attached hydrogen (secondary N) is 2. The zero-order valence-electron chi connectivity index (χ0n) is 11.2. The van der Waals surface area contributed by atoms with E-state index in [0.717, 1.165) is 32.5 Å². The summed E-state index contributed by atoms with van der Waals surface area (Å²) in [5.41, 5.74) is 0. The van der Waals surface area contributed by atoms with Crippen molar-refractivity contribution in [1.29, 1.82) is 0 Å². The molecule has 2 aliphatic heterocycles. The SMILES string of the molecule is CCC1COC(C(CC)C2NC(CC)CO2)N1. The highest BCUT2D eigenvalue weighted by atomic mass is 16.5. The van der Waals surface area contributed by atoms with E-state index in [9.17, 15) is 0 Å². The van der Waals surface area contributed by atoms with Gasteiger partial charge >= 0.3 is 0 Å². The smallest absolute Gasteiger partial charge is 0.115 e. The summed E-state index contributed by atoms with van der Waals surface area (Å²) >= 11 is 0. The van der Waals surface area contributed by atoms with E-state index in [2.05, 4.69) is 31.4 Å². The molecule has 0 saturated carbocycles. The van der Waals surface area contributed by atoms with E-state index in [4.69, 9.17) is 9.47 Å². The summed E-state index contributed by atoms with van der Waals surface area (Å²) in [7, 11) is 0. The molecule has 2 heterocycles. The Bertz CT molecular complexity index is 215. The number of hydrogen-bond donors (Lipinski definition) is 2. The summed E-state index contributed by atoms with van der Waals surface area (Å²) in [5.74, 6) is 0.406. The first-order valence-electron chi connectivity index (χ1n) is 7.03.